The molecule has 0 aromatic carbocycles. The summed E-state index contributed by atoms with van der Waals surface area (Å²) in [6.45, 7) is 9.01. The molecule has 1 aliphatic carbocycles. The fourth-order valence-corrected chi connectivity index (χ4v) is 4.73. The Morgan fingerprint density at radius 2 is 2.06 bits per heavy atom. The molecular formula is C23H26O8. The summed E-state index contributed by atoms with van der Waals surface area (Å²) >= 11 is 0. The van der Waals surface area contributed by atoms with Gasteiger partial charge in [0.1, 0.15) is 23.4 Å². The van der Waals surface area contributed by atoms with Crippen molar-refractivity contribution in [1.29, 1.82) is 0 Å². The third-order valence-electron chi connectivity index (χ3n) is 6.21. The van der Waals surface area contributed by atoms with Crippen LogP contribution in [0.4, 0.5) is 0 Å². The number of carbonyl (C=O) groups is 3. The summed E-state index contributed by atoms with van der Waals surface area (Å²) in [6, 6.07) is 0. The number of carbonyl (C=O) groups excluding carboxylic acids is 3. The maximum Gasteiger partial charge on any atom is 0.338 e. The van der Waals surface area contributed by atoms with E-state index in [1.807, 2.05) is 6.92 Å². The molecule has 3 aliphatic heterocycles. The highest BCUT2D eigenvalue weighted by molar-refractivity contribution is 5.92. The number of ether oxygens (including phenoxy) is 5. The summed E-state index contributed by atoms with van der Waals surface area (Å²) in [4.78, 5) is 37.4. The molecule has 8 heteroatoms. The third kappa shape index (κ3) is 3.74. The Hall–Kier alpha value is -2.71. The Bertz CT molecular complexity index is 941. The van der Waals surface area contributed by atoms with E-state index in [-0.39, 0.29) is 12.0 Å². The van der Waals surface area contributed by atoms with E-state index in [0.29, 0.717) is 17.8 Å². The molecule has 31 heavy (non-hydrogen) atoms. The van der Waals surface area contributed by atoms with Gasteiger partial charge in [0.2, 0.25) is 0 Å². The number of rotatable bonds is 2. The second kappa shape index (κ2) is 7.76. The quantitative estimate of drug-likeness (QED) is 0.375. The molecule has 1 fully saturated rings. The minimum atomic E-state index is -1.10. The number of allylic oxidation sites excluding steroid dienone is 1. The largest absolute Gasteiger partial charge is 0.457 e. The lowest BCUT2D eigenvalue weighted by molar-refractivity contribution is -0.164. The van der Waals surface area contributed by atoms with Crippen LogP contribution in [-0.4, -0.2) is 49.6 Å². The van der Waals surface area contributed by atoms with Gasteiger partial charge in [0.05, 0.1) is 11.7 Å². The van der Waals surface area contributed by atoms with Crippen molar-refractivity contribution in [1.82, 2.24) is 0 Å². The van der Waals surface area contributed by atoms with E-state index in [0.717, 1.165) is 5.57 Å². The Labute approximate surface area is 180 Å². The highest BCUT2D eigenvalue weighted by Gasteiger charge is 2.56. The molecule has 0 aromatic heterocycles. The van der Waals surface area contributed by atoms with E-state index in [4.69, 9.17) is 23.7 Å². The minimum Gasteiger partial charge on any atom is -0.457 e. The molecule has 0 aromatic rings. The number of hydrogen-bond acceptors (Lipinski definition) is 8. The Morgan fingerprint density at radius 3 is 2.74 bits per heavy atom. The van der Waals surface area contributed by atoms with Crippen molar-refractivity contribution in [2.75, 3.05) is 7.11 Å². The lowest BCUT2D eigenvalue weighted by Gasteiger charge is -2.31. The number of methoxy groups -OCH3 is 1. The number of esters is 3. The van der Waals surface area contributed by atoms with Crippen molar-refractivity contribution in [2.45, 2.75) is 58.2 Å². The summed E-state index contributed by atoms with van der Waals surface area (Å²) in [5, 5.41) is 0. The number of fused-ring (bicyclic) bond motifs is 4. The predicted molar refractivity (Wildman–Crippen MR) is 107 cm³/mol. The molecule has 166 valence electrons. The molecule has 1 saturated heterocycles. The maximum atomic E-state index is 12.9. The summed E-state index contributed by atoms with van der Waals surface area (Å²) < 4.78 is 28.0. The van der Waals surface area contributed by atoms with Crippen LogP contribution in [0.1, 0.15) is 33.6 Å². The standard InChI is InChI=1S/C23H26O8/c1-11-6-14-8-17(20(25)29-14)18(28-13(3)24)9-16-12(2)21(27-5)31-19(16)23(4)10-15(7-11)30-22(23)26/h7-8,10,14,16,18-19,21H,2,6,9H2,1,3-5H3/b11-7-/t14-,16-,18+,19-,21-,23+/m0/s1. The lowest BCUT2D eigenvalue weighted by Crippen LogP contribution is -2.42. The molecule has 0 N–H and O–H groups in total. The van der Waals surface area contributed by atoms with Crippen LogP contribution in [0.2, 0.25) is 0 Å². The lowest BCUT2D eigenvalue weighted by atomic mass is 9.75. The van der Waals surface area contributed by atoms with Crippen molar-refractivity contribution >= 4 is 17.9 Å². The van der Waals surface area contributed by atoms with Gasteiger partial charge in [-0.2, -0.15) is 0 Å². The molecule has 3 heterocycles. The van der Waals surface area contributed by atoms with E-state index in [2.05, 4.69) is 6.58 Å². The Kier molecular flexibility index (Phi) is 5.39. The van der Waals surface area contributed by atoms with E-state index in [1.54, 1.807) is 25.2 Å². The fraction of sp³-hybridized carbons (Fsp3) is 0.522. The maximum absolute atomic E-state index is 12.9. The average Bonchev–Trinajstić information content (AvgIpc) is 3.28. The van der Waals surface area contributed by atoms with Crippen LogP contribution in [0.15, 0.2) is 47.3 Å². The van der Waals surface area contributed by atoms with Gasteiger partial charge >= 0.3 is 17.9 Å². The number of hydrogen-bond donors (Lipinski definition) is 0. The Balaban J connectivity index is 1.83. The van der Waals surface area contributed by atoms with Crippen LogP contribution in [0.5, 0.6) is 0 Å². The first-order chi connectivity index (χ1) is 14.6. The zero-order valence-electron chi connectivity index (χ0n) is 18.0. The van der Waals surface area contributed by atoms with Crippen molar-refractivity contribution in [3.63, 3.8) is 0 Å². The first-order valence-electron chi connectivity index (χ1n) is 10.2. The highest BCUT2D eigenvalue weighted by Crippen LogP contribution is 2.48. The zero-order valence-corrected chi connectivity index (χ0v) is 18.0. The van der Waals surface area contributed by atoms with Crippen LogP contribution < -0.4 is 0 Å². The molecule has 0 spiro atoms. The van der Waals surface area contributed by atoms with E-state index >= 15 is 0 Å². The van der Waals surface area contributed by atoms with E-state index in [9.17, 15) is 14.4 Å². The van der Waals surface area contributed by atoms with Crippen molar-refractivity contribution in [3.05, 3.63) is 47.3 Å². The summed E-state index contributed by atoms with van der Waals surface area (Å²) in [6.07, 6.45) is 3.05. The average molecular weight is 430 g/mol. The van der Waals surface area contributed by atoms with Crippen LogP contribution in [0, 0.1) is 11.3 Å². The second-order valence-corrected chi connectivity index (χ2v) is 8.62. The molecule has 0 radical (unpaired) electrons. The molecule has 0 unspecified atom stereocenters. The van der Waals surface area contributed by atoms with Gasteiger partial charge in [-0.15, -0.1) is 0 Å². The van der Waals surface area contributed by atoms with Gasteiger partial charge in [0.25, 0.3) is 0 Å². The Morgan fingerprint density at radius 1 is 1.32 bits per heavy atom. The first kappa shape index (κ1) is 21.5. The van der Waals surface area contributed by atoms with Crippen LogP contribution >= 0.6 is 0 Å². The molecule has 4 bridgehead atoms. The summed E-state index contributed by atoms with van der Waals surface area (Å²) in [5.41, 5.74) is 0.653. The van der Waals surface area contributed by atoms with Crippen LogP contribution in [0.25, 0.3) is 0 Å². The molecule has 4 rings (SSSR count). The SMILES string of the molecule is C=C1[C@@H](OC)O[C@H]2[C@H]1C[C@@H](OC(C)=O)C1=C[C@H](C/C(C)=C\C3=C[C@@]2(C)C(=O)O3)OC1=O. The van der Waals surface area contributed by atoms with Gasteiger partial charge in [-0.25, -0.2) is 4.79 Å². The van der Waals surface area contributed by atoms with Crippen LogP contribution in [-0.2, 0) is 38.1 Å². The second-order valence-electron chi connectivity index (χ2n) is 8.62. The normalized spacial score (nSPS) is 39.0. The van der Waals surface area contributed by atoms with E-state index < -0.39 is 53.8 Å². The van der Waals surface area contributed by atoms with Crippen molar-refractivity contribution < 1.29 is 38.1 Å². The van der Waals surface area contributed by atoms with Gasteiger partial charge in [-0.1, -0.05) is 12.2 Å². The molecule has 0 amide bonds. The van der Waals surface area contributed by atoms with Crippen LogP contribution in [0.3, 0.4) is 0 Å². The van der Waals surface area contributed by atoms with Gasteiger partial charge in [-0.3, -0.25) is 9.59 Å². The molecule has 0 saturated carbocycles. The smallest absolute Gasteiger partial charge is 0.338 e. The minimum absolute atomic E-state index is 0.190. The third-order valence-corrected chi connectivity index (χ3v) is 6.21. The molecule has 6 atom stereocenters. The van der Waals surface area contributed by atoms with Gasteiger partial charge in [0.15, 0.2) is 6.29 Å². The fourth-order valence-electron chi connectivity index (χ4n) is 4.73. The van der Waals surface area contributed by atoms with Gasteiger partial charge < -0.3 is 23.7 Å². The monoisotopic (exact) mass is 430 g/mol. The van der Waals surface area contributed by atoms with E-state index in [1.165, 1.54) is 14.0 Å². The zero-order chi connectivity index (χ0) is 22.5. The van der Waals surface area contributed by atoms with Gasteiger partial charge in [0, 0.05) is 26.4 Å². The predicted octanol–water partition coefficient (Wildman–Crippen LogP) is 2.50. The molecular weight excluding hydrogens is 404 g/mol. The highest BCUT2D eigenvalue weighted by atomic mass is 16.7. The van der Waals surface area contributed by atoms with Crippen molar-refractivity contribution in [2.24, 2.45) is 11.3 Å². The summed E-state index contributed by atoms with van der Waals surface area (Å²) in [7, 11) is 1.49. The topological polar surface area (TPSA) is 97.4 Å². The first-order valence-corrected chi connectivity index (χ1v) is 10.2. The summed E-state index contributed by atoms with van der Waals surface area (Å²) in [5.74, 6) is -1.52. The molecule has 8 nitrogen and oxygen atoms in total. The molecule has 4 aliphatic rings. The van der Waals surface area contributed by atoms with Gasteiger partial charge in [-0.05, 0) is 44.1 Å². The van der Waals surface area contributed by atoms with Crippen molar-refractivity contribution in [3.8, 4) is 0 Å².